The molecule has 1 heterocycles. The average molecular weight is 314 g/mol. The lowest BCUT2D eigenvalue weighted by atomic mass is 10.0. The van der Waals surface area contributed by atoms with E-state index in [0.29, 0.717) is 18.3 Å². The van der Waals surface area contributed by atoms with Gasteiger partial charge in [-0.25, -0.2) is 0 Å². The van der Waals surface area contributed by atoms with Crippen molar-refractivity contribution in [2.24, 2.45) is 11.8 Å². The molecule has 1 fully saturated rings. The van der Waals surface area contributed by atoms with Crippen LogP contribution in [0, 0.1) is 11.8 Å². The minimum atomic E-state index is 0.196. The van der Waals surface area contributed by atoms with Crippen molar-refractivity contribution in [2.75, 3.05) is 31.6 Å². The first kappa shape index (κ1) is 15.9. The summed E-state index contributed by atoms with van der Waals surface area (Å²) in [5.41, 5.74) is 1.20. The number of hydrogen-bond acceptors (Lipinski definition) is 3. The minimum Gasteiger partial charge on any atom is -0.497 e. The van der Waals surface area contributed by atoms with E-state index in [0.717, 1.165) is 44.6 Å². The van der Waals surface area contributed by atoms with E-state index in [1.807, 2.05) is 12.1 Å². The van der Waals surface area contributed by atoms with E-state index in [4.69, 9.17) is 4.74 Å². The van der Waals surface area contributed by atoms with E-state index in [2.05, 4.69) is 34.5 Å². The quantitative estimate of drug-likeness (QED) is 0.821. The molecule has 0 bridgehead atoms. The predicted molar refractivity (Wildman–Crippen MR) is 92.8 cm³/mol. The minimum absolute atomic E-state index is 0.196. The number of anilines is 1. The molecule has 0 saturated carbocycles. The summed E-state index contributed by atoms with van der Waals surface area (Å²) in [6, 6.07) is 8.19. The molecule has 0 radical (unpaired) electrons. The van der Waals surface area contributed by atoms with Crippen molar-refractivity contribution in [3.63, 3.8) is 0 Å². The summed E-state index contributed by atoms with van der Waals surface area (Å²) in [4.78, 5) is 14.4. The van der Waals surface area contributed by atoms with Gasteiger partial charge in [-0.05, 0) is 43.2 Å². The molecule has 4 nitrogen and oxygen atoms in total. The molecule has 2 aliphatic rings. The number of allylic oxidation sites excluding steroid dienone is 2. The molecule has 0 aromatic heterocycles. The van der Waals surface area contributed by atoms with Crippen LogP contribution in [0.2, 0.25) is 0 Å². The van der Waals surface area contributed by atoms with Gasteiger partial charge >= 0.3 is 0 Å². The molecule has 1 saturated heterocycles. The molecule has 1 aliphatic heterocycles. The Morgan fingerprint density at radius 1 is 1.39 bits per heavy atom. The standard InChI is InChI=1S/C19H26N2O2/c1-23-18-8-4-7-17(12-18)21-10-9-16(14-21)13-20-19(22)11-15-5-2-3-6-15/h2,4-5,7-8,12,15-16H,3,6,9-11,13-14H2,1H3,(H,20,22). The Balaban J connectivity index is 1.44. The summed E-state index contributed by atoms with van der Waals surface area (Å²) in [5, 5.41) is 3.12. The van der Waals surface area contributed by atoms with Gasteiger partial charge in [-0.15, -0.1) is 0 Å². The molecule has 4 heteroatoms. The second-order valence-corrected chi connectivity index (χ2v) is 6.58. The number of carbonyl (C=O) groups is 1. The molecule has 0 spiro atoms. The lowest BCUT2D eigenvalue weighted by Gasteiger charge is -2.19. The molecule has 3 rings (SSSR count). The number of nitrogens with one attached hydrogen (secondary N) is 1. The van der Waals surface area contributed by atoms with Crippen LogP contribution in [0.5, 0.6) is 5.75 Å². The Morgan fingerprint density at radius 3 is 3.09 bits per heavy atom. The van der Waals surface area contributed by atoms with Crippen molar-refractivity contribution in [3.05, 3.63) is 36.4 Å². The zero-order valence-corrected chi connectivity index (χ0v) is 13.8. The van der Waals surface area contributed by atoms with Gasteiger partial charge in [0.05, 0.1) is 7.11 Å². The van der Waals surface area contributed by atoms with Gasteiger partial charge in [0, 0.05) is 37.8 Å². The number of rotatable bonds is 6. The smallest absolute Gasteiger partial charge is 0.220 e. The largest absolute Gasteiger partial charge is 0.497 e. The Bertz CT molecular complexity index is 570. The summed E-state index contributed by atoms with van der Waals surface area (Å²) in [7, 11) is 1.70. The fourth-order valence-electron chi connectivity index (χ4n) is 3.47. The zero-order chi connectivity index (χ0) is 16.1. The monoisotopic (exact) mass is 314 g/mol. The van der Waals surface area contributed by atoms with E-state index in [-0.39, 0.29) is 5.91 Å². The maximum Gasteiger partial charge on any atom is 0.220 e. The van der Waals surface area contributed by atoms with Crippen molar-refractivity contribution in [3.8, 4) is 5.75 Å². The van der Waals surface area contributed by atoms with Crippen LogP contribution in [0.4, 0.5) is 5.69 Å². The number of benzene rings is 1. The third-order valence-electron chi connectivity index (χ3n) is 4.85. The third-order valence-corrected chi connectivity index (χ3v) is 4.85. The van der Waals surface area contributed by atoms with E-state index in [1.165, 1.54) is 5.69 Å². The number of amides is 1. The average Bonchev–Trinajstić information content (AvgIpc) is 3.24. The van der Waals surface area contributed by atoms with E-state index in [9.17, 15) is 4.79 Å². The highest BCUT2D eigenvalue weighted by Gasteiger charge is 2.23. The summed E-state index contributed by atoms with van der Waals surface area (Å²) >= 11 is 0. The zero-order valence-electron chi connectivity index (χ0n) is 13.8. The van der Waals surface area contributed by atoms with Crippen molar-refractivity contribution >= 4 is 11.6 Å². The number of methoxy groups -OCH3 is 1. The SMILES string of the molecule is COc1cccc(N2CCC(CNC(=O)CC3C=CCC3)C2)c1. The first-order valence-corrected chi connectivity index (χ1v) is 8.57. The lowest BCUT2D eigenvalue weighted by Crippen LogP contribution is -2.31. The molecule has 1 aromatic carbocycles. The fourth-order valence-corrected chi connectivity index (χ4v) is 3.47. The topological polar surface area (TPSA) is 41.6 Å². The van der Waals surface area contributed by atoms with Crippen LogP contribution < -0.4 is 15.0 Å². The fraction of sp³-hybridized carbons (Fsp3) is 0.526. The van der Waals surface area contributed by atoms with Crippen molar-refractivity contribution in [2.45, 2.75) is 25.7 Å². The lowest BCUT2D eigenvalue weighted by molar-refractivity contribution is -0.121. The first-order chi connectivity index (χ1) is 11.2. The summed E-state index contributed by atoms with van der Waals surface area (Å²) in [5.74, 6) is 2.07. The number of hydrogen-bond donors (Lipinski definition) is 1. The molecular weight excluding hydrogens is 288 g/mol. The highest BCUT2D eigenvalue weighted by molar-refractivity contribution is 5.76. The van der Waals surface area contributed by atoms with Gasteiger partial charge in [0.1, 0.15) is 5.75 Å². The van der Waals surface area contributed by atoms with Crippen LogP contribution in [-0.2, 0) is 4.79 Å². The maximum absolute atomic E-state index is 12.0. The molecule has 124 valence electrons. The van der Waals surface area contributed by atoms with Crippen LogP contribution in [0.1, 0.15) is 25.7 Å². The molecular formula is C19H26N2O2. The maximum atomic E-state index is 12.0. The molecule has 1 N–H and O–H groups in total. The number of carbonyl (C=O) groups excluding carboxylic acids is 1. The number of ether oxygens (including phenoxy) is 1. The first-order valence-electron chi connectivity index (χ1n) is 8.57. The number of nitrogens with zero attached hydrogens (tertiary/aromatic N) is 1. The van der Waals surface area contributed by atoms with Crippen LogP contribution in [0.3, 0.4) is 0 Å². The molecule has 1 aromatic rings. The van der Waals surface area contributed by atoms with Gasteiger partial charge in [-0.2, -0.15) is 0 Å². The Labute approximate surface area is 138 Å². The van der Waals surface area contributed by atoms with Crippen molar-refractivity contribution < 1.29 is 9.53 Å². The second kappa shape index (κ2) is 7.53. The van der Waals surface area contributed by atoms with Gasteiger partial charge in [-0.1, -0.05) is 18.2 Å². The summed E-state index contributed by atoms with van der Waals surface area (Å²) in [6.45, 7) is 2.82. The van der Waals surface area contributed by atoms with Crippen molar-refractivity contribution in [1.29, 1.82) is 0 Å². The van der Waals surface area contributed by atoms with Crippen LogP contribution >= 0.6 is 0 Å². The van der Waals surface area contributed by atoms with Gasteiger partial charge in [0.25, 0.3) is 0 Å². The molecule has 23 heavy (non-hydrogen) atoms. The highest BCUT2D eigenvalue weighted by atomic mass is 16.5. The Hall–Kier alpha value is -1.97. The van der Waals surface area contributed by atoms with Crippen LogP contribution in [0.15, 0.2) is 36.4 Å². The summed E-state index contributed by atoms with van der Waals surface area (Å²) < 4.78 is 5.29. The van der Waals surface area contributed by atoms with E-state index in [1.54, 1.807) is 7.11 Å². The third kappa shape index (κ3) is 4.27. The van der Waals surface area contributed by atoms with Crippen molar-refractivity contribution in [1.82, 2.24) is 5.32 Å². The van der Waals surface area contributed by atoms with Crippen LogP contribution in [-0.4, -0.2) is 32.7 Å². The van der Waals surface area contributed by atoms with Gasteiger partial charge in [0.2, 0.25) is 5.91 Å². The summed E-state index contributed by atoms with van der Waals surface area (Å²) in [6.07, 6.45) is 8.38. The van der Waals surface area contributed by atoms with E-state index < -0.39 is 0 Å². The normalized spacial score (nSPS) is 23.3. The second-order valence-electron chi connectivity index (χ2n) is 6.58. The van der Waals surface area contributed by atoms with Crippen LogP contribution in [0.25, 0.3) is 0 Å². The van der Waals surface area contributed by atoms with E-state index >= 15 is 0 Å². The molecule has 2 atom stereocenters. The Morgan fingerprint density at radius 2 is 2.30 bits per heavy atom. The Kier molecular flexibility index (Phi) is 5.21. The molecule has 2 unspecified atom stereocenters. The highest BCUT2D eigenvalue weighted by Crippen LogP contribution is 2.26. The molecule has 1 aliphatic carbocycles. The van der Waals surface area contributed by atoms with Gasteiger partial charge < -0.3 is 15.0 Å². The van der Waals surface area contributed by atoms with Gasteiger partial charge in [0.15, 0.2) is 0 Å². The predicted octanol–water partition coefficient (Wildman–Crippen LogP) is 2.99. The van der Waals surface area contributed by atoms with Gasteiger partial charge in [-0.3, -0.25) is 4.79 Å². The molecule has 1 amide bonds.